The minimum atomic E-state index is -0.135. The largest absolute Gasteiger partial charge is 0.459 e. The average Bonchev–Trinajstić information content (AvgIpc) is 3.35. The van der Waals surface area contributed by atoms with E-state index in [1.165, 1.54) is 0 Å². The van der Waals surface area contributed by atoms with E-state index in [4.69, 9.17) is 4.42 Å². The van der Waals surface area contributed by atoms with E-state index in [0.29, 0.717) is 5.82 Å². The maximum Gasteiger partial charge on any atom is 0.197 e. The lowest BCUT2D eigenvalue weighted by Crippen LogP contribution is -2.09. The van der Waals surface area contributed by atoms with E-state index in [2.05, 4.69) is 25.6 Å². The molecule has 0 aliphatic heterocycles. The van der Waals surface area contributed by atoms with Gasteiger partial charge in [-0.1, -0.05) is 35.5 Å². The minimum Gasteiger partial charge on any atom is -0.459 e. The van der Waals surface area contributed by atoms with E-state index < -0.39 is 0 Å². The highest BCUT2D eigenvalue weighted by atomic mass is 16.3. The molecule has 0 amide bonds. The Hall–Kier alpha value is -3.22. The lowest BCUT2D eigenvalue weighted by molar-refractivity contribution is 0.531. The number of nitrogens with zero attached hydrogens (tertiary/aromatic N) is 5. The first-order valence-corrected chi connectivity index (χ1v) is 8.08. The van der Waals surface area contributed by atoms with Gasteiger partial charge in [-0.25, -0.2) is 4.98 Å². The molecule has 0 fully saturated rings. The summed E-state index contributed by atoms with van der Waals surface area (Å²) < 4.78 is 8.02. The van der Waals surface area contributed by atoms with Crippen LogP contribution >= 0.6 is 0 Å². The first-order chi connectivity index (χ1) is 12.1. The highest BCUT2D eigenvalue weighted by molar-refractivity contribution is 5.76. The number of benzene rings is 1. The zero-order valence-electron chi connectivity index (χ0n) is 14.3. The lowest BCUT2D eigenvalue weighted by atomic mass is 10.1. The van der Waals surface area contributed by atoms with Crippen molar-refractivity contribution in [1.82, 2.24) is 30.2 Å². The first-order valence-electron chi connectivity index (χ1n) is 8.08. The molecule has 0 saturated carbocycles. The van der Waals surface area contributed by atoms with Crippen LogP contribution in [0.2, 0.25) is 0 Å². The van der Waals surface area contributed by atoms with Gasteiger partial charge in [-0.2, -0.15) is 5.21 Å². The smallest absolute Gasteiger partial charge is 0.197 e. The highest BCUT2D eigenvalue weighted by Gasteiger charge is 2.23. The second-order valence-electron chi connectivity index (χ2n) is 6.01. The summed E-state index contributed by atoms with van der Waals surface area (Å²) >= 11 is 0. The summed E-state index contributed by atoms with van der Waals surface area (Å²) in [5.74, 6) is 2.27. The Bertz CT molecular complexity index is 965. The number of nitrogens with one attached hydrogen (secondary N) is 1. The van der Waals surface area contributed by atoms with E-state index in [1.807, 2.05) is 61.7 Å². The molecule has 0 aliphatic carbocycles. The Morgan fingerprint density at radius 1 is 1.16 bits per heavy atom. The van der Waals surface area contributed by atoms with Gasteiger partial charge < -0.3 is 8.98 Å². The SMILES string of the molecule is Cc1cc(-c2c(-c3ccccc3)ncn2[C@H](C)c2nn[nH]n2)oc1C. The minimum absolute atomic E-state index is 0.135. The van der Waals surface area contributed by atoms with Crippen molar-refractivity contribution < 1.29 is 4.42 Å². The molecule has 4 aromatic rings. The molecule has 3 aromatic heterocycles. The Balaban J connectivity index is 1.92. The number of imidazole rings is 1. The van der Waals surface area contributed by atoms with Crippen LogP contribution < -0.4 is 0 Å². The van der Waals surface area contributed by atoms with Gasteiger partial charge in [0, 0.05) is 5.56 Å². The molecule has 1 aromatic carbocycles. The van der Waals surface area contributed by atoms with Gasteiger partial charge in [0.2, 0.25) is 0 Å². The molecular weight excluding hydrogens is 316 g/mol. The van der Waals surface area contributed by atoms with Crippen LogP contribution in [0, 0.1) is 13.8 Å². The molecule has 7 nitrogen and oxygen atoms in total. The number of furan rings is 1. The molecular formula is C18H18N6O. The zero-order chi connectivity index (χ0) is 17.4. The fourth-order valence-electron chi connectivity index (χ4n) is 2.87. The normalized spacial score (nSPS) is 12.4. The molecule has 126 valence electrons. The summed E-state index contributed by atoms with van der Waals surface area (Å²) in [7, 11) is 0. The molecule has 0 aliphatic rings. The van der Waals surface area contributed by atoms with Gasteiger partial charge in [0.1, 0.15) is 11.5 Å². The van der Waals surface area contributed by atoms with Crippen LogP contribution in [-0.4, -0.2) is 30.2 Å². The molecule has 25 heavy (non-hydrogen) atoms. The second-order valence-corrected chi connectivity index (χ2v) is 6.01. The summed E-state index contributed by atoms with van der Waals surface area (Å²) in [6.45, 7) is 6.01. The van der Waals surface area contributed by atoms with Gasteiger partial charge in [0.25, 0.3) is 0 Å². The van der Waals surface area contributed by atoms with Crippen molar-refractivity contribution in [3.05, 3.63) is 59.9 Å². The number of hydrogen-bond acceptors (Lipinski definition) is 5. The van der Waals surface area contributed by atoms with Crippen molar-refractivity contribution in [1.29, 1.82) is 0 Å². The van der Waals surface area contributed by atoms with E-state index in [9.17, 15) is 0 Å². The predicted octanol–water partition coefficient (Wildman–Crippen LogP) is 3.55. The number of aryl methyl sites for hydroxylation is 2. The Morgan fingerprint density at radius 2 is 1.96 bits per heavy atom. The first kappa shape index (κ1) is 15.3. The van der Waals surface area contributed by atoms with Crippen LogP contribution in [-0.2, 0) is 0 Å². The molecule has 3 heterocycles. The number of aromatic amines is 1. The van der Waals surface area contributed by atoms with E-state index in [1.54, 1.807) is 6.33 Å². The fraction of sp³-hybridized carbons (Fsp3) is 0.222. The van der Waals surface area contributed by atoms with Crippen molar-refractivity contribution >= 4 is 0 Å². The lowest BCUT2D eigenvalue weighted by Gasteiger charge is -2.13. The Kier molecular flexibility index (Phi) is 3.68. The highest BCUT2D eigenvalue weighted by Crippen LogP contribution is 2.35. The van der Waals surface area contributed by atoms with Crippen molar-refractivity contribution in [3.8, 4) is 22.7 Å². The van der Waals surface area contributed by atoms with Crippen LogP contribution in [0.1, 0.15) is 30.1 Å². The third-order valence-electron chi connectivity index (χ3n) is 4.39. The van der Waals surface area contributed by atoms with E-state index in [-0.39, 0.29) is 6.04 Å². The molecule has 0 saturated heterocycles. The molecule has 7 heteroatoms. The van der Waals surface area contributed by atoms with Gasteiger partial charge in [-0.05, 0) is 32.4 Å². The van der Waals surface area contributed by atoms with Gasteiger partial charge in [-0.15, -0.1) is 10.2 Å². The van der Waals surface area contributed by atoms with Crippen LogP contribution in [0.5, 0.6) is 0 Å². The molecule has 4 rings (SSSR count). The topological polar surface area (TPSA) is 85.4 Å². The third kappa shape index (κ3) is 2.63. The van der Waals surface area contributed by atoms with Gasteiger partial charge in [-0.3, -0.25) is 0 Å². The predicted molar refractivity (Wildman–Crippen MR) is 92.8 cm³/mol. The number of hydrogen-bond donors (Lipinski definition) is 1. The van der Waals surface area contributed by atoms with Crippen LogP contribution in [0.4, 0.5) is 0 Å². The maximum absolute atomic E-state index is 6.00. The monoisotopic (exact) mass is 334 g/mol. The van der Waals surface area contributed by atoms with E-state index >= 15 is 0 Å². The van der Waals surface area contributed by atoms with Gasteiger partial charge >= 0.3 is 0 Å². The summed E-state index contributed by atoms with van der Waals surface area (Å²) in [4.78, 5) is 4.65. The van der Waals surface area contributed by atoms with Crippen molar-refractivity contribution in [2.45, 2.75) is 26.8 Å². The summed E-state index contributed by atoms with van der Waals surface area (Å²) in [5, 5.41) is 14.4. The average molecular weight is 334 g/mol. The standard InChI is InChI=1S/C18H18N6O/c1-11-9-15(25-13(11)3)17-16(14-7-5-4-6-8-14)19-10-24(17)12(2)18-20-22-23-21-18/h4-10,12H,1-3H3,(H,20,21,22,23)/t12-/m1/s1. The summed E-state index contributed by atoms with van der Waals surface area (Å²) in [5.41, 5.74) is 3.90. The van der Waals surface area contributed by atoms with Crippen molar-refractivity contribution in [3.63, 3.8) is 0 Å². The zero-order valence-corrected chi connectivity index (χ0v) is 14.3. The summed E-state index contributed by atoms with van der Waals surface area (Å²) in [6.07, 6.45) is 1.80. The van der Waals surface area contributed by atoms with Gasteiger partial charge in [0.15, 0.2) is 11.6 Å². The quantitative estimate of drug-likeness (QED) is 0.617. The van der Waals surface area contributed by atoms with Crippen molar-refractivity contribution in [2.24, 2.45) is 0 Å². The van der Waals surface area contributed by atoms with Crippen LogP contribution in [0.15, 0.2) is 47.1 Å². The van der Waals surface area contributed by atoms with Gasteiger partial charge in [0.05, 0.1) is 18.1 Å². The number of tetrazole rings is 1. The second kappa shape index (κ2) is 6.01. The summed E-state index contributed by atoms with van der Waals surface area (Å²) in [6, 6.07) is 12.0. The van der Waals surface area contributed by atoms with Crippen molar-refractivity contribution in [2.75, 3.05) is 0 Å². The molecule has 1 atom stereocenters. The van der Waals surface area contributed by atoms with E-state index in [0.717, 1.165) is 34.0 Å². The molecule has 0 unspecified atom stereocenters. The van der Waals surface area contributed by atoms with Crippen LogP contribution in [0.3, 0.4) is 0 Å². The molecule has 0 spiro atoms. The number of aromatic nitrogens is 6. The fourth-order valence-corrected chi connectivity index (χ4v) is 2.87. The molecule has 1 N–H and O–H groups in total. The number of H-pyrrole nitrogens is 1. The Labute approximate surface area is 144 Å². The van der Waals surface area contributed by atoms with Crippen LogP contribution in [0.25, 0.3) is 22.7 Å². The number of rotatable bonds is 4. The molecule has 0 radical (unpaired) electrons. The molecule has 0 bridgehead atoms. The Morgan fingerprint density at radius 3 is 2.60 bits per heavy atom. The maximum atomic E-state index is 6.00. The third-order valence-corrected chi connectivity index (χ3v) is 4.39.